The van der Waals surface area contributed by atoms with Crippen molar-refractivity contribution < 1.29 is 4.68 Å². The van der Waals surface area contributed by atoms with Crippen molar-refractivity contribution in [1.29, 1.82) is 0 Å². The van der Waals surface area contributed by atoms with Gasteiger partial charge in [-0.15, -0.1) is 9.35 Å². The Hall–Kier alpha value is -3.41. The lowest BCUT2D eigenvalue weighted by Crippen LogP contribution is -2.31. The molecular formula is C24H31N6+. The fraction of sp³-hybridized carbons (Fsp3) is 0.292. The van der Waals surface area contributed by atoms with Gasteiger partial charge >= 0.3 is 5.82 Å². The van der Waals surface area contributed by atoms with E-state index < -0.39 is 0 Å². The summed E-state index contributed by atoms with van der Waals surface area (Å²) in [4.78, 5) is 4.17. The lowest BCUT2D eigenvalue weighted by atomic mass is 10.2. The van der Waals surface area contributed by atoms with Gasteiger partial charge in [0, 0.05) is 46.5 Å². The monoisotopic (exact) mass is 403 g/mol. The number of imidazole rings is 1. The molecule has 1 heterocycles. The molecule has 0 bridgehead atoms. The van der Waals surface area contributed by atoms with Crippen LogP contribution in [-0.2, 0) is 6.42 Å². The van der Waals surface area contributed by atoms with Gasteiger partial charge < -0.3 is 9.80 Å². The van der Waals surface area contributed by atoms with Crippen LogP contribution in [0.4, 0.5) is 11.4 Å². The Labute approximate surface area is 179 Å². The van der Waals surface area contributed by atoms with Crippen molar-refractivity contribution in [2.75, 3.05) is 38.0 Å². The minimum atomic E-state index is 0.821. The molecule has 0 fully saturated rings. The van der Waals surface area contributed by atoms with Gasteiger partial charge in [0.1, 0.15) is 0 Å². The third kappa shape index (κ3) is 4.95. The summed E-state index contributed by atoms with van der Waals surface area (Å²) in [6.07, 6.45) is 6.60. The zero-order valence-corrected chi connectivity index (χ0v) is 18.7. The Balaban J connectivity index is 1.82. The second kappa shape index (κ2) is 9.39. The molecule has 0 saturated heterocycles. The minimum absolute atomic E-state index is 0.821. The average molecular weight is 404 g/mol. The molecule has 0 atom stereocenters. The molecule has 0 saturated carbocycles. The second-order valence-electron chi connectivity index (χ2n) is 7.66. The molecule has 0 radical (unpaired) electrons. The molecule has 0 spiro atoms. The Kier molecular flexibility index (Phi) is 6.67. The van der Waals surface area contributed by atoms with Gasteiger partial charge in [-0.1, -0.05) is 41.4 Å². The molecule has 0 N–H and O–H groups in total. The maximum absolute atomic E-state index is 4.71. The number of benzene rings is 2. The molecule has 3 aromatic rings. The smallest absolute Gasteiger partial charge is 0.307 e. The standard InChI is InChI=1S/C24H31N6/c1-7-24-29(25-16-20-8-12-22(13-9-20)27(3)4)18-19(2)30(24)26-17-21-10-14-23(15-11-21)28(5)6/h8-18H,7H2,1-6H3/q+1. The van der Waals surface area contributed by atoms with Gasteiger partial charge in [0.25, 0.3) is 0 Å². The summed E-state index contributed by atoms with van der Waals surface area (Å²) >= 11 is 0. The van der Waals surface area contributed by atoms with Crippen molar-refractivity contribution >= 4 is 23.8 Å². The fourth-order valence-electron chi connectivity index (χ4n) is 3.15. The maximum atomic E-state index is 4.71. The molecule has 2 aromatic carbocycles. The predicted octanol–water partition coefficient (Wildman–Crippen LogP) is 3.54. The van der Waals surface area contributed by atoms with Crippen molar-refractivity contribution in [2.45, 2.75) is 20.3 Å². The molecule has 0 aliphatic carbocycles. The maximum Gasteiger partial charge on any atom is 0.307 e. The van der Waals surface area contributed by atoms with Crippen molar-refractivity contribution in [1.82, 2.24) is 4.68 Å². The number of hydrogen-bond acceptors (Lipinski definition) is 4. The van der Waals surface area contributed by atoms with Gasteiger partial charge in [0.2, 0.25) is 0 Å². The highest BCUT2D eigenvalue weighted by Gasteiger charge is 2.19. The largest absolute Gasteiger partial charge is 0.378 e. The first-order valence-corrected chi connectivity index (χ1v) is 10.2. The highest BCUT2D eigenvalue weighted by Crippen LogP contribution is 2.12. The Morgan fingerprint density at radius 2 is 1.33 bits per heavy atom. The highest BCUT2D eigenvalue weighted by molar-refractivity contribution is 5.80. The number of aromatic nitrogens is 2. The summed E-state index contributed by atoms with van der Waals surface area (Å²) in [5.41, 5.74) is 5.50. The lowest BCUT2D eigenvalue weighted by molar-refractivity contribution is -0.685. The second-order valence-corrected chi connectivity index (χ2v) is 7.66. The molecule has 0 unspecified atom stereocenters. The van der Waals surface area contributed by atoms with Crippen LogP contribution in [0.2, 0.25) is 0 Å². The van der Waals surface area contributed by atoms with Gasteiger partial charge in [-0.05, 0) is 35.4 Å². The normalized spacial score (nSPS) is 11.5. The molecule has 6 nitrogen and oxygen atoms in total. The number of rotatable bonds is 7. The topological polar surface area (TPSA) is 40.0 Å². The van der Waals surface area contributed by atoms with Crippen LogP contribution < -0.4 is 14.5 Å². The van der Waals surface area contributed by atoms with E-state index in [1.54, 1.807) is 0 Å². The van der Waals surface area contributed by atoms with E-state index in [0.717, 1.165) is 29.1 Å². The summed E-state index contributed by atoms with van der Waals surface area (Å²) in [5, 5.41) is 9.37. The van der Waals surface area contributed by atoms with E-state index in [4.69, 9.17) is 5.10 Å². The molecule has 0 aliphatic rings. The zero-order valence-electron chi connectivity index (χ0n) is 18.7. The minimum Gasteiger partial charge on any atom is -0.378 e. The number of nitrogens with zero attached hydrogens (tertiary/aromatic N) is 6. The van der Waals surface area contributed by atoms with E-state index in [2.05, 4.69) is 70.4 Å². The van der Waals surface area contributed by atoms with Gasteiger partial charge in [-0.3, -0.25) is 0 Å². The Morgan fingerprint density at radius 3 is 1.80 bits per heavy atom. The summed E-state index contributed by atoms with van der Waals surface area (Å²) in [6.45, 7) is 4.16. The molecule has 3 rings (SSSR count). The average Bonchev–Trinajstić information content (AvgIpc) is 3.05. The summed E-state index contributed by atoms with van der Waals surface area (Å²) < 4.78 is 3.86. The zero-order chi connectivity index (χ0) is 21.7. The van der Waals surface area contributed by atoms with Crippen LogP contribution in [-0.4, -0.2) is 45.3 Å². The number of aryl methyl sites for hydroxylation is 1. The van der Waals surface area contributed by atoms with Gasteiger partial charge in [0.15, 0.2) is 11.9 Å². The third-order valence-electron chi connectivity index (χ3n) is 4.94. The first-order valence-electron chi connectivity index (χ1n) is 10.2. The van der Waals surface area contributed by atoms with Crippen molar-refractivity contribution in [3.05, 3.63) is 77.4 Å². The molecule has 0 amide bonds. The van der Waals surface area contributed by atoms with E-state index in [0.29, 0.717) is 0 Å². The molecule has 1 aromatic heterocycles. The van der Waals surface area contributed by atoms with Crippen molar-refractivity contribution in [3.63, 3.8) is 0 Å². The van der Waals surface area contributed by atoms with Crippen molar-refractivity contribution in [2.24, 2.45) is 10.2 Å². The van der Waals surface area contributed by atoms with Crippen LogP contribution in [0.3, 0.4) is 0 Å². The Morgan fingerprint density at radius 1 is 0.833 bits per heavy atom. The van der Waals surface area contributed by atoms with Crippen molar-refractivity contribution in [3.8, 4) is 0 Å². The van der Waals surface area contributed by atoms with Gasteiger partial charge in [0.05, 0.1) is 18.9 Å². The van der Waals surface area contributed by atoms with Gasteiger partial charge in [-0.2, -0.15) is 0 Å². The van der Waals surface area contributed by atoms with E-state index in [1.807, 2.05) is 63.1 Å². The number of hydrogen-bond donors (Lipinski definition) is 0. The van der Waals surface area contributed by atoms with E-state index >= 15 is 0 Å². The fourth-order valence-corrected chi connectivity index (χ4v) is 3.15. The molecule has 156 valence electrons. The number of anilines is 2. The molecular weight excluding hydrogens is 372 g/mol. The summed E-state index contributed by atoms with van der Waals surface area (Å²) in [7, 11) is 8.15. The molecule has 30 heavy (non-hydrogen) atoms. The molecule has 6 heteroatoms. The first-order chi connectivity index (χ1) is 14.4. The Bertz CT molecular complexity index is 1020. The predicted molar refractivity (Wildman–Crippen MR) is 126 cm³/mol. The summed E-state index contributed by atoms with van der Waals surface area (Å²) in [5.74, 6) is 1.02. The van der Waals surface area contributed by atoms with Crippen LogP contribution in [0.15, 0.2) is 64.9 Å². The van der Waals surface area contributed by atoms with Crippen LogP contribution in [0.1, 0.15) is 29.6 Å². The SMILES string of the molecule is CCc1n(N=Cc2ccc(N(C)C)cc2)c(C)c[n+]1N=Cc1ccc(N(C)C)cc1. The summed E-state index contributed by atoms with van der Waals surface area (Å²) in [6, 6.07) is 16.7. The van der Waals surface area contributed by atoms with Gasteiger partial charge in [-0.25, -0.2) is 0 Å². The van der Waals surface area contributed by atoms with E-state index in [9.17, 15) is 0 Å². The quantitative estimate of drug-likeness (QED) is 0.447. The van der Waals surface area contributed by atoms with Crippen LogP contribution >= 0.6 is 0 Å². The van der Waals surface area contributed by atoms with E-state index in [-0.39, 0.29) is 0 Å². The van der Waals surface area contributed by atoms with Crippen LogP contribution in [0.25, 0.3) is 0 Å². The third-order valence-corrected chi connectivity index (χ3v) is 4.94. The first kappa shape index (κ1) is 21.3. The molecule has 0 aliphatic heterocycles. The lowest BCUT2D eigenvalue weighted by Gasteiger charge is -2.11. The van der Waals surface area contributed by atoms with Crippen LogP contribution in [0.5, 0.6) is 0 Å². The van der Waals surface area contributed by atoms with Crippen LogP contribution in [0, 0.1) is 6.92 Å². The highest BCUT2D eigenvalue weighted by atomic mass is 15.5. The van der Waals surface area contributed by atoms with E-state index in [1.165, 1.54) is 11.4 Å².